The number of carbonyl (C=O) groups is 1. The highest BCUT2D eigenvalue weighted by Gasteiger charge is 2.34. The zero-order valence-corrected chi connectivity index (χ0v) is 20.4. The summed E-state index contributed by atoms with van der Waals surface area (Å²) in [6.07, 6.45) is 0.565. The molecule has 0 bridgehead atoms. The van der Waals surface area contributed by atoms with Crippen LogP contribution in [0.25, 0.3) is 0 Å². The van der Waals surface area contributed by atoms with Crippen molar-refractivity contribution in [2.45, 2.75) is 52.2 Å². The standard InChI is InChI=1S/C27H38FN3O2/c1-5-29(6-2)27(33)23-13-11-22(12-14-23)26(24-9-7-10-25(32)17-24)31-19-20(3)30(16-8-15-28)18-21(31)4/h7,9-14,17,20-21,26,32H,5-6,8,15-16,18-19H2,1-4H3/t20-,21+,26-/m1/s1. The van der Waals surface area contributed by atoms with E-state index in [1.54, 1.807) is 6.07 Å². The fourth-order valence-corrected chi connectivity index (χ4v) is 4.93. The monoisotopic (exact) mass is 455 g/mol. The first-order valence-electron chi connectivity index (χ1n) is 12.1. The van der Waals surface area contributed by atoms with Crippen LogP contribution in [0.1, 0.15) is 61.6 Å². The SMILES string of the molecule is CCN(CC)C(=O)c1ccc([C@H](c2cccc(O)c2)N2C[C@@H](C)N(CCCF)C[C@@H]2C)cc1. The highest BCUT2D eigenvalue weighted by Crippen LogP contribution is 2.34. The number of benzene rings is 2. The molecule has 2 aromatic rings. The average molecular weight is 456 g/mol. The molecule has 3 atom stereocenters. The first kappa shape index (κ1) is 25.2. The van der Waals surface area contributed by atoms with Crippen molar-refractivity contribution in [2.24, 2.45) is 0 Å². The molecule has 33 heavy (non-hydrogen) atoms. The van der Waals surface area contributed by atoms with Crippen molar-refractivity contribution in [3.63, 3.8) is 0 Å². The minimum Gasteiger partial charge on any atom is -0.508 e. The van der Waals surface area contributed by atoms with Gasteiger partial charge in [0, 0.05) is 50.4 Å². The van der Waals surface area contributed by atoms with Gasteiger partial charge in [-0.15, -0.1) is 0 Å². The molecule has 1 saturated heterocycles. The minimum atomic E-state index is -0.286. The number of amides is 1. The molecule has 1 aliphatic rings. The first-order valence-corrected chi connectivity index (χ1v) is 12.1. The molecule has 2 aromatic carbocycles. The second-order valence-electron chi connectivity index (χ2n) is 9.03. The Morgan fingerprint density at radius 2 is 1.76 bits per heavy atom. The topological polar surface area (TPSA) is 47.0 Å². The lowest BCUT2D eigenvalue weighted by Gasteiger charge is -2.47. The summed E-state index contributed by atoms with van der Waals surface area (Å²) >= 11 is 0. The van der Waals surface area contributed by atoms with Crippen LogP contribution in [0, 0.1) is 0 Å². The van der Waals surface area contributed by atoms with Gasteiger partial charge in [0.05, 0.1) is 12.7 Å². The molecule has 0 aliphatic carbocycles. The number of nitrogens with zero attached hydrogens (tertiary/aromatic N) is 3. The highest BCUT2D eigenvalue weighted by atomic mass is 19.1. The molecule has 3 rings (SSSR count). The van der Waals surface area contributed by atoms with Gasteiger partial charge in [0.1, 0.15) is 5.75 Å². The van der Waals surface area contributed by atoms with Gasteiger partial charge >= 0.3 is 0 Å². The van der Waals surface area contributed by atoms with E-state index in [9.17, 15) is 14.3 Å². The molecule has 1 N–H and O–H groups in total. The quantitative estimate of drug-likeness (QED) is 0.595. The molecule has 1 amide bonds. The van der Waals surface area contributed by atoms with E-state index in [0.29, 0.717) is 31.1 Å². The van der Waals surface area contributed by atoms with Crippen LogP contribution in [0.15, 0.2) is 48.5 Å². The smallest absolute Gasteiger partial charge is 0.253 e. The Hall–Kier alpha value is -2.44. The molecule has 6 heteroatoms. The third kappa shape index (κ3) is 5.92. The summed E-state index contributed by atoms with van der Waals surface area (Å²) in [7, 11) is 0. The lowest BCUT2D eigenvalue weighted by Crippen LogP contribution is -2.57. The van der Waals surface area contributed by atoms with Crippen LogP contribution in [-0.2, 0) is 0 Å². The molecule has 0 saturated carbocycles. The summed E-state index contributed by atoms with van der Waals surface area (Å²) in [5, 5.41) is 10.2. The van der Waals surface area contributed by atoms with Gasteiger partial charge in [0.2, 0.25) is 0 Å². The van der Waals surface area contributed by atoms with Crippen molar-refractivity contribution in [1.29, 1.82) is 0 Å². The molecular formula is C27H38FN3O2. The lowest BCUT2D eigenvalue weighted by atomic mass is 9.92. The number of alkyl halides is 1. The summed E-state index contributed by atoms with van der Waals surface area (Å²) in [5.41, 5.74) is 2.80. The predicted octanol–water partition coefficient (Wildman–Crippen LogP) is 4.72. The second kappa shape index (κ2) is 11.6. The Morgan fingerprint density at radius 1 is 1.06 bits per heavy atom. The molecule has 0 unspecified atom stereocenters. The Labute approximate surface area is 197 Å². The zero-order chi connectivity index (χ0) is 24.0. The molecule has 1 heterocycles. The number of phenols is 1. The maximum absolute atomic E-state index is 12.8. The van der Waals surface area contributed by atoms with E-state index in [1.807, 2.05) is 61.2 Å². The Morgan fingerprint density at radius 3 is 2.36 bits per heavy atom. The van der Waals surface area contributed by atoms with Crippen LogP contribution in [0.3, 0.4) is 0 Å². The van der Waals surface area contributed by atoms with Crippen LogP contribution in [0.4, 0.5) is 4.39 Å². The zero-order valence-electron chi connectivity index (χ0n) is 20.4. The van der Waals surface area contributed by atoms with Gasteiger partial charge < -0.3 is 10.0 Å². The Bertz CT molecular complexity index is 900. The Kier molecular flexibility index (Phi) is 8.87. The number of hydrogen-bond donors (Lipinski definition) is 1. The van der Waals surface area contributed by atoms with Gasteiger partial charge in [-0.25, -0.2) is 0 Å². The average Bonchev–Trinajstić information content (AvgIpc) is 2.81. The number of carbonyl (C=O) groups excluding carboxylic acids is 1. The van der Waals surface area contributed by atoms with E-state index in [0.717, 1.165) is 30.8 Å². The number of piperazine rings is 1. The summed E-state index contributed by atoms with van der Waals surface area (Å²) in [5.74, 6) is 0.289. The van der Waals surface area contributed by atoms with Crippen molar-refractivity contribution >= 4 is 5.91 Å². The van der Waals surface area contributed by atoms with E-state index < -0.39 is 0 Å². The van der Waals surface area contributed by atoms with Crippen LogP contribution in [-0.4, -0.2) is 77.2 Å². The second-order valence-corrected chi connectivity index (χ2v) is 9.03. The summed E-state index contributed by atoms with van der Waals surface area (Å²) in [6, 6.07) is 15.9. The van der Waals surface area contributed by atoms with Gasteiger partial charge in [0.15, 0.2) is 0 Å². The molecule has 0 spiro atoms. The van der Waals surface area contributed by atoms with Crippen LogP contribution >= 0.6 is 0 Å². The van der Waals surface area contributed by atoms with E-state index in [-0.39, 0.29) is 30.4 Å². The molecular weight excluding hydrogens is 417 g/mol. The van der Waals surface area contributed by atoms with Crippen molar-refractivity contribution in [2.75, 3.05) is 39.4 Å². The summed E-state index contributed by atoms with van der Waals surface area (Å²) < 4.78 is 12.8. The van der Waals surface area contributed by atoms with E-state index in [1.165, 1.54) is 0 Å². The minimum absolute atomic E-state index is 0.0453. The molecule has 0 radical (unpaired) electrons. The van der Waals surface area contributed by atoms with Gasteiger partial charge in [-0.3, -0.25) is 19.0 Å². The normalized spacial score (nSPS) is 20.5. The molecule has 180 valence electrons. The first-order chi connectivity index (χ1) is 15.9. The number of halogens is 1. The summed E-state index contributed by atoms with van der Waals surface area (Å²) in [6.45, 7) is 12.0. The van der Waals surface area contributed by atoms with Crippen LogP contribution in [0.5, 0.6) is 5.75 Å². The van der Waals surface area contributed by atoms with Crippen LogP contribution in [0.2, 0.25) is 0 Å². The molecule has 1 aliphatic heterocycles. The fourth-order valence-electron chi connectivity index (χ4n) is 4.93. The number of rotatable bonds is 9. The van der Waals surface area contributed by atoms with E-state index in [2.05, 4.69) is 23.6 Å². The third-order valence-corrected chi connectivity index (χ3v) is 6.78. The predicted molar refractivity (Wildman–Crippen MR) is 131 cm³/mol. The lowest BCUT2D eigenvalue weighted by molar-refractivity contribution is 0.0226. The number of phenolic OH excluding ortho intramolecular Hbond substituents is 1. The third-order valence-electron chi connectivity index (χ3n) is 6.78. The summed E-state index contributed by atoms with van der Waals surface area (Å²) in [4.78, 5) is 19.4. The largest absolute Gasteiger partial charge is 0.508 e. The van der Waals surface area contributed by atoms with Crippen molar-refractivity contribution in [1.82, 2.24) is 14.7 Å². The van der Waals surface area contributed by atoms with Crippen molar-refractivity contribution in [3.05, 3.63) is 65.2 Å². The van der Waals surface area contributed by atoms with Gasteiger partial charge in [0.25, 0.3) is 5.91 Å². The maximum atomic E-state index is 12.8. The van der Waals surface area contributed by atoms with Gasteiger partial charge in [-0.1, -0.05) is 24.3 Å². The highest BCUT2D eigenvalue weighted by molar-refractivity contribution is 5.94. The molecule has 5 nitrogen and oxygen atoms in total. The van der Waals surface area contributed by atoms with Gasteiger partial charge in [-0.2, -0.15) is 0 Å². The van der Waals surface area contributed by atoms with E-state index >= 15 is 0 Å². The van der Waals surface area contributed by atoms with E-state index in [4.69, 9.17) is 0 Å². The van der Waals surface area contributed by atoms with Crippen molar-refractivity contribution < 1.29 is 14.3 Å². The number of hydrogen-bond acceptors (Lipinski definition) is 4. The molecule has 1 fully saturated rings. The number of aromatic hydroxyl groups is 1. The molecule has 0 aromatic heterocycles. The van der Waals surface area contributed by atoms with Crippen LogP contribution < -0.4 is 0 Å². The fraction of sp³-hybridized carbons (Fsp3) is 0.519. The Balaban J connectivity index is 1.92. The maximum Gasteiger partial charge on any atom is 0.253 e. The van der Waals surface area contributed by atoms with Crippen molar-refractivity contribution in [3.8, 4) is 5.75 Å². The van der Waals surface area contributed by atoms with Gasteiger partial charge in [-0.05, 0) is 69.5 Å².